The summed E-state index contributed by atoms with van der Waals surface area (Å²) >= 11 is 0. The Bertz CT molecular complexity index is 205. The van der Waals surface area contributed by atoms with Crippen molar-refractivity contribution in [2.75, 3.05) is 0 Å². The summed E-state index contributed by atoms with van der Waals surface area (Å²) in [6.07, 6.45) is -10.4. The minimum absolute atomic E-state index is 0. The number of hydrogen-bond acceptors (Lipinski definition) is 4. The van der Waals surface area contributed by atoms with Gasteiger partial charge in [-0.3, -0.25) is 0 Å². The fraction of sp³-hybridized carbons (Fsp3) is 0.500. The Labute approximate surface area is 121 Å². The molecule has 0 aliphatic rings. The molecule has 0 aromatic rings. The van der Waals surface area contributed by atoms with Crippen LogP contribution in [0, 0.1) is 0 Å². The van der Waals surface area contributed by atoms with Crippen molar-refractivity contribution in [3.63, 3.8) is 0 Å². The summed E-state index contributed by atoms with van der Waals surface area (Å²) in [4.78, 5) is 17.6. The molecule has 0 amide bonds. The maximum atomic E-state index is 10.5. The van der Waals surface area contributed by atoms with Crippen LogP contribution in [0.5, 0.6) is 0 Å². The van der Waals surface area contributed by atoms with Crippen molar-refractivity contribution in [1.29, 1.82) is 0 Å². The van der Waals surface area contributed by atoms with Crippen LogP contribution < -0.4 is 35.0 Å². The standard InChI is InChI=1S/2C2HF3O2.2ClH.Zr/c2*3-2(4,5)1(6)7;;;/h2*(H,6,7);2*1H;/q;;;;+4/p-4. The van der Waals surface area contributed by atoms with Gasteiger partial charge in [-0.15, -0.1) is 0 Å². The minimum Gasteiger partial charge on any atom is -1.00 e. The Morgan fingerprint density at radius 3 is 0.765 bits per heavy atom. The third kappa shape index (κ3) is 21.8. The van der Waals surface area contributed by atoms with Crippen LogP contribution >= 0.6 is 0 Å². The second-order valence-electron chi connectivity index (χ2n) is 1.57. The summed E-state index contributed by atoms with van der Waals surface area (Å²) < 4.78 is 63.1. The molecule has 0 fully saturated rings. The van der Waals surface area contributed by atoms with Gasteiger partial charge >= 0.3 is 38.6 Å². The van der Waals surface area contributed by atoms with Crippen LogP contribution in [0.4, 0.5) is 26.3 Å². The molecular weight excluding hydrogens is 388 g/mol. The smallest absolute Gasteiger partial charge is 1.00 e. The van der Waals surface area contributed by atoms with Gasteiger partial charge in [0.15, 0.2) is 0 Å². The van der Waals surface area contributed by atoms with Gasteiger partial charge in [0.25, 0.3) is 0 Å². The van der Waals surface area contributed by atoms with Crippen molar-refractivity contribution < 1.29 is 97.2 Å². The van der Waals surface area contributed by atoms with Gasteiger partial charge in [0, 0.05) is 0 Å². The number of halogens is 8. The Balaban J connectivity index is -0.0000000480. The predicted molar refractivity (Wildman–Crippen MR) is 22.1 cm³/mol. The van der Waals surface area contributed by atoms with E-state index in [1.54, 1.807) is 0 Å². The van der Waals surface area contributed by atoms with Gasteiger partial charge in [0.05, 0.1) is 0 Å². The van der Waals surface area contributed by atoms with Crippen LogP contribution in [0.15, 0.2) is 0 Å². The van der Waals surface area contributed by atoms with E-state index in [0.29, 0.717) is 0 Å². The number of hydrogen-bond donors (Lipinski definition) is 0. The maximum Gasteiger partial charge on any atom is 4.00 e. The molecule has 0 unspecified atom stereocenters. The van der Waals surface area contributed by atoms with Crippen LogP contribution in [0.1, 0.15) is 0 Å². The molecule has 4 nitrogen and oxygen atoms in total. The van der Waals surface area contributed by atoms with Gasteiger partial charge in [-0.1, -0.05) is 0 Å². The van der Waals surface area contributed by atoms with E-state index in [2.05, 4.69) is 0 Å². The van der Waals surface area contributed by atoms with Gasteiger partial charge < -0.3 is 44.6 Å². The molecule has 0 atom stereocenters. The Morgan fingerprint density at radius 1 is 0.706 bits per heavy atom. The normalized spacial score (nSPS) is 9.29. The molecule has 0 spiro atoms. The average Bonchev–Trinajstić information content (AvgIpc) is 1.83. The summed E-state index contributed by atoms with van der Waals surface area (Å²) in [5.41, 5.74) is 0. The Morgan fingerprint density at radius 2 is 0.765 bits per heavy atom. The van der Waals surface area contributed by atoms with Crippen LogP contribution in [-0.2, 0) is 35.8 Å². The van der Waals surface area contributed by atoms with E-state index in [-0.39, 0.29) is 51.0 Å². The van der Waals surface area contributed by atoms with Crippen molar-refractivity contribution in [2.24, 2.45) is 0 Å². The molecule has 0 radical (unpaired) electrons. The summed E-state index contributed by atoms with van der Waals surface area (Å²) in [6.45, 7) is 0. The fourth-order valence-electron chi connectivity index (χ4n) is 0. The molecule has 0 rings (SSSR count). The first-order valence-electron chi connectivity index (χ1n) is 2.45. The number of carbonyl (C=O) groups is 2. The molecule has 0 heterocycles. The summed E-state index contributed by atoms with van der Waals surface area (Å²) in [7, 11) is 0. The zero-order chi connectivity index (χ0) is 12.2. The quantitative estimate of drug-likeness (QED) is 0.387. The molecule has 100 valence electrons. The molecule has 0 aliphatic carbocycles. The topological polar surface area (TPSA) is 80.3 Å². The van der Waals surface area contributed by atoms with E-state index >= 15 is 0 Å². The van der Waals surface area contributed by atoms with E-state index < -0.39 is 24.3 Å². The maximum absolute atomic E-state index is 10.5. The summed E-state index contributed by atoms with van der Waals surface area (Å²) in [5.74, 6) is -6.01. The molecule has 0 N–H and O–H groups in total. The van der Waals surface area contributed by atoms with Gasteiger partial charge in [0.1, 0.15) is 11.9 Å². The molecular formula is C4Cl2F6O4Zr. The third-order valence-electron chi connectivity index (χ3n) is 0.463. The van der Waals surface area contributed by atoms with Crippen molar-refractivity contribution in [2.45, 2.75) is 12.4 Å². The van der Waals surface area contributed by atoms with Crippen molar-refractivity contribution >= 4 is 11.9 Å². The van der Waals surface area contributed by atoms with Gasteiger partial charge in [0.2, 0.25) is 0 Å². The molecule has 13 heteroatoms. The van der Waals surface area contributed by atoms with Crippen LogP contribution in [0.25, 0.3) is 0 Å². The first-order chi connectivity index (χ1) is 5.89. The first-order valence-corrected chi connectivity index (χ1v) is 2.45. The molecule has 0 saturated heterocycles. The number of carbonyl (C=O) groups excluding carboxylic acids is 2. The molecule has 0 aromatic carbocycles. The van der Waals surface area contributed by atoms with Crippen molar-refractivity contribution in [3.8, 4) is 0 Å². The van der Waals surface area contributed by atoms with Crippen LogP contribution in [-0.4, -0.2) is 24.3 Å². The summed E-state index contributed by atoms with van der Waals surface area (Å²) in [6, 6.07) is 0. The third-order valence-corrected chi connectivity index (χ3v) is 0.463. The Kier molecular flexibility index (Phi) is 19.7. The van der Waals surface area contributed by atoms with Gasteiger partial charge in [-0.05, 0) is 0 Å². The molecule has 17 heavy (non-hydrogen) atoms. The number of carboxylic acids is 2. The molecule has 0 bridgehead atoms. The van der Waals surface area contributed by atoms with Gasteiger partial charge in [-0.2, -0.15) is 26.3 Å². The van der Waals surface area contributed by atoms with E-state index in [4.69, 9.17) is 19.8 Å². The van der Waals surface area contributed by atoms with Crippen molar-refractivity contribution in [1.82, 2.24) is 0 Å². The predicted octanol–water partition coefficient (Wildman–Crippen LogP) is -7.40. The average molecular weight is 388 g/mol. The Hall–Kier alpha value is -0.0169. The van der Waals surface area contributed by atoms with E-state index in [1.807, 2.05) is 0 Å². The molecule has 0 saturated carbocycles. The molecule has 0 aromatic heterocycles. The second kappa shape index (κ2) is 11.1. The summed E-state index contributed by atoms with van der Waals surface area (Å²) in [5, 5.41) is 17.6. The fourth-order valence-corrected chi connectivity index (χ4v) is 0. The van der Waals surface area contributed by atoms with Crippen LogP contribution in [0.3, 0.4) is 0 Å². The zero-order valence-corrected chi connectivity index (χ0v) is 11.1. The number of aliphatic carboxylic acids is 2. The van der Waals surface area contributed by atoms with Crippen LogP contribution in [0.2, 0.25) is 0 Å². The second-order valence-corrected chi connectivity index (χ2v) is 1.57. The number of rotatable bonds is 0. The number of carboxylic acid groups (broad SMARTS) is 2. The zero-order valence-electron chi connectivity index (χ0n) is 7.16. The van der Waals surface area contributed by atoms with E-state index in [1.165, 1.54) is 0 Å². The SMILES string of the molecule is O=C([O-])C(F)(F)F.O=C([O-])C(F)(F)F.[Cl-].[Cl-].[Zr+4]. The number of alkyl halides is 6. The molecule has 0 aliphatic heterocycles. The van der Waals surface area contributed by atoms with E-state index in [9.17, 15) is 26.3 Å². The monoisotopic (exact) mass is 386 g/mol. The van der Waals surface area contributed by atoms with Gasteiger partial charge in [-0.25, -0.2) is 0 Å². The van der Waals surface area contributed by atoms with Crippen molar-refractivity contribution in [3.05, 3.63) is 0 Å². The minimum atomic E-state index is -5.19. The first kappa shape index (κ1) is 30.2. The largest absolute Gasteiger partial charge is 4.00 e. The van der Waals surface area contributed by atoms with E-state index in [0.717, 1.165) is 0 Å².